The third-order valence-corrected chi connectivity index (χ3v) is 6.04. The number of unbranched alkanes of at least 4 members (excludes halogenated alkanes) is 2. The van der Waals surface area contributed by atoms with Crippen LogP contribution in [0.2, 0.25) is 0 Å². The topological polar surface area (TPSA) is 98.8 Å². The van der Waals surface area contributed by atoms with Gasteiger partial charge in [0.15, 0.2) is 11.9 Å². The first kappa shape index (κ1) is 28.0. The van der Waals surface area contributed by atoms with E-state index in [0.29, 0.717) is 26.1 Å². The van der Waals surface area contributed by atoms with Crippen molar-refractivity contribution >= 4 is 11.9 Å². The first-order valence-electron chi connectivity index (χ1n) is 12.4. The van der Waals surface area contributed by atoms with Gasteiger partial charge in [0.25, 0.3) is 0 Å². The molecule has 33 heavy (non-hydrogen) atoms. The van der Waals surface area contributed by atoms with Crippen LogP contribution in [0.1, 0.15) is 80.1 Å². The Labute approximate surface area is 197 Å². The summed E-state index contributed by atoms with van der Waals surface area (Å²) in [5.41, 5.74) is 0. The molecule has 0 bridgehead atoms. The van der Waals surface area contributed by atoms with Crippen LogP contribution in [0.3, 0.4) is 0 Å². The number of carbonyl (C=O) groups is 2. The second-order valence-electron chi connectivity index (χ2n) is 8.62. The van der Waals surface area contributed by atoms with Gasteiger partial charge in [-0.25, -0.2) is 0 Å². The van der Waals surface area contributed by atoms with E-state index in [-0.39, 0.29) is 6.61 Å². The van der Waals surface area contributed by atoms with E-state index in [2.05, 4.69) is 13.8 Å². The lowest BCUT2D eigenvalue weighted by atomic mass is 10.00. The van der Waals surface area contributed by atoms with Crippen LogP contribution in [0.4, 0.5) is 0 Å². The number of fused-ring (bicyclic) bond motifs is 1. The number of ether oxygens (including phenoxy) is 7. The zero-order valence-electron chi connectivity index (χ0n) is 21.0. The van der Waals surface area contributed by atoms with Crippen LogP contribution in [0.25, 0.3) is 0 Å². The van der Waals surface area contributed by atoms with E-state index in [4.69, 9.17) is 33.2 Å². The number of rotatable bonds is 13. The summed E-state index contributed by atoms with van der Waals surface area (Å²) in [6, 6.07) is 0. The Bertz CT molecular complexity index is 607. The van der Waals surface area contributed by atoms with Gasteiger partial charge in [0.2, 0.25) is 6.29 Å². The van der Waals surface area contributed by atoms with Crippen molar-refractivity contribution in [2.24, 2.45) is 0 Å². The summed E-state index contributed by atoms with van der Waals surface area (Å²) in [6.07, 6.45) is 0.649. The fraction of sp³-hybridized carbons (Fsp3) is 0.917. The number of esters is 2. The van der Waals surface area contributed by atoms with Crippen molar-refractivity contribution < 1.29 is 42.7 Å². The SMILES string of the molecule is CCCCO[C@@H]1[C@H]2OC(CC)(CC)O[C@H]2C(OC(C)=O)O[C@H](COC(C)=O)[C@H]1OCCCC. The molecule has 6 atom stereocenters. The van der Waals surface area contributed by atoms with Crippen LogP contribution in [-0.4, -0.2) is 74.4 Å². The van der Waals surface area contributed by atoms with Crippen molar-refractivity contribution in [2.75, 3.05) is 19.8 Å². The molecule has 2 aliphatic heterocycles. The Morgan fingerprint density at radius 1 is 0.818 bits per heavy atom. The third-order valence-electron chi connectivity index (χ3n) is 6.04. The molecular formula is C24H42O9. The molecule has 0 amide bonds. The van der Waals surface area contributed by atoms with Gasteiger partial charge in [-0.2, -0.15) is 0 Å². The van der Waals surface area contributed by atoms with E-state index in [1.54, 1.807) is 0 Å². The first-order valence-corrected chi connectivity index (χ1v) is 12.4. The molecule has 9 nitrogen and oxygen atoms in total. The highest BCUT2D eigenvalue weighted by atomic mass is 16.8. The molecule has 0 aromatic heterocycles. The second-order valence-corrected chi connectivity index (χ2v) is 8.62. The van der Waals surface area contributed by atoms with Gasteiger partial charge in [0.05, 0.1) is 0 Å². The van der Waals surface area contributed by atoms with E-state index in [1.807, 2.05) is 13.8 Å². The Morgan fingerprint density at radius 3 is 1.91 bits per heavy atom. The molecule has 0 aromatic rings. The highest BCUT2D eigenvalue weighted by Gasteiger charge is 2.58. The van der Waals surface area contributed by atoms with Crippen LogP contribution < -0.4 is 0 Å². The average molecular weight is 475 g/mol. The highest BCUT2D eigenvalue weighted by molar-refractivity contribution is 5.66. The van der Waals surface area contributed by atoms with Crippen molar-refractivity contribution in [1.82, 2.24) is 0 Å². The molecule has 2 heterocycles. The Morgan fingerprint density at radius 2 is 1.39 bits per heavy atom. The van der Waals surface area contributed by atoms with Gasteiger partial charge in [-0.05, 0) is 25.7 Å². The standard InChI is InChI=1S/C24H42O9/c1-7-11-13-27-19-18(15-29-16(5)25)31-23(30-17(6)26)22-21(20(19)28-14-12-8-2)32-24(9-3,10-4)33-22/h18-23H,7-15H2,1-6H3/t18-,19-,20+,21-,22-,23?/m1/s1. The van der Waals surface area contributed by atoms with Crippen molar-refractivity contribution in [3.05, 3.63) is 0 Å². The molecule has 0 saturated carbocycles. The normalized spacial score (nSPS) is 31.0. The van der Waals surface area contributed by atoms with Crippen LogP contribution >= 0.6 is 0 Å². The molecule has 0 aliphatic carbocycles. The van der Waals surface area contributed by atoms with Crippen LogP contribution in [0.15, 0.2) is 0 Å². The van der Waals surface area contributed by atoms with E-state index in [1.165, 1.54) is 13.8 Å². The van der Waals surface area contributed by atoms with Gasteiger partial charge in [0.1, 0.15) is 31.0 Å². The van der Waals surface area contributed by atoms with E-state index >= 15 is 0 Å². The van der Waals surface area contributed by atoms with Gasteiger partial charge in [0, 0.05) is 27.1 Å². The lowest BCUT2D eigenvalue weighted by Gasteiger charge is -2.34. The molecule has 2 fully saturated rings. The maximum atomic E-state index is 11.9. The van der Waals surface area contributed by atoms with E-state index in [0.717, 1.165) is 25.7 Å². The minimum atomic E-state index is -1.05. The lowest BCUT2D eigenvalue weighted by Crippen LogP contribution is -2.50. The fourth-order valence-corrected chi connectivity index (χ4v) is 4.14. The molecule has 0 aromatic carbocycles. The van der Waals surface area contributed by atoms with Crippen LogP contribution in [0, 0.1) is 0 Å². The average Bonchev–Trinajstić information content (AvgIpc) is 3.13. The van der Waals surface area contributed by atoms with E-state index in [9.17, 15) is 9.59 Å². The van der Waals surface area contributed by atoms with Gasteiger partial charge in [-0.3, -0.25) is 9.59 Å². The van der Waals surface area contributed by atoms with Crippen molar-refractivity contribution in [2.45, 2.75) is 123 Å². The summed E-state index contributed by atoms with van der Waals surface area (Å²) in [5.74, 6) is -1.78. The van der Waals surface area contributed by atoms with Gasteiger partial charge >= 0.3 is 11.9 Å². The summed E-state index contributed by atoms with van der Waals surface area (Å²) in [6.45, 7) is 11.7. The minimum absolute atomic E-state index is 0.0658. The molecule has 1 unspecified atom stereocenters. The fourth-order valence-electron chi connectivity index (χ4n) is 4.14. The second kappa shape index (κ2) is 13.6. The summed E-state index contributed by atoms with van der Waals surface area (Å²) in [5, 5.41) is 0. The summed E-state index contributed by atoms with van der Waals surface area (Å²) in [4.78, 5) is 23.5. The maximum Gasteiger partial charge on any atom is 0.305 e. The summed E-state index contributed by atoms with van der Waals surface area (Å²) < 4.78 is 42.5. The lowest BCUT2D eigenvalue weighted by molar-refractivity contribution is -0.259. The summed E-state index contributed by atoms with van der Waals surface area (Å²) >= 11 is 0. The smallest absolute Gasteiger partial charge is 0.305 e. The van der Waals surface area contributed by atoms with Gasteiger partial charge < -0.3 is 33.2 Å². The monoisotopic (exact) mass is 474 g/mol. The molecule has 2 saturated heterocycles. The first-order chi connectivity index (χ1) is 15.8. The molecule has 0 spiro atoms. The molecule has 2 aliphatic rings. The predicted octanol–water partition coefficient (Wildman–Crippen LogP) is 3.51. The Hall–Kier alpha value is -1.26. The maximum absolute atomic E-state index is 11.9. The third kappa shape index (κ3) is 7.62. The number of hydrogen-bond donors (Lipinski definition) is 0. The largest absolute Gasteiger partial charge is 0.463 e. The molecule has 0 N–H and O–H groups in total. The summed E-state index contributed by atoms with van der Waals surface area (Å²) in [7, 11) is 0. The quantitative estimate of drug-likeness (QED) is 0.293. The van der Waals surface area contributed by atoms with E-state index < -0.39 is 54.5 Å². The van der Waals surface area contributed by atoms with Crippen LogP contribution in [-0.2, 0) is 42.7 Å². The zero-order valence-corrected chi connectivity index (χ0v) is 21.0. The molecule has 0 radical (unpaired) electrons. The van der Waals surface area contributed by atoms with Crippen LogP contribution in [0.5, 0.6) is 0 Å². The zero-order chi connectivity index (χ0) is 24.4. The number of hydrogen-bond acceptors (Lipinski definition) is 9. The molecule has 9 heteroatoms. The Kier molecular flexibility index (Phi) is 11.5. The molecule has 192 valence electrons. The predicted molar refractivity (Wildman–Crippen MR) is 119 cm³/mol. The van der Waals surface area contributed by atoms with Crippen molar-refractivity contribution in [3.8, 4) is 0 Å². The highest BCUT2D eigenvalue weighted by Crippen LogP contribution is 2.42. The molecular weight excluding hydrogens is 432 g/mol. The van der Waals surface area contributed by atoms with Gasteiger partial charge in [-0.1, -0.05) is 40.5 Å². The van der Waals surface area contributed by atoms with Crippen molar-refractivity contribution in [3.63, 3.8) is 0 Å². The molecule has 2 rings (SSSR count). The van der Waals surface area contributed by atoms with Crippen molar-refractivity contribution in [1.29, 1.82) is 0 Å². The van der Waals surface area contributed by atoms with Gasteiger partial charge in [-0.15, -0.1) is 0 Å². The minimum Gasteiger partial charge on any atom is -0.463 e. The Balaban J connectivity index is 2.45. The number of carbonyl (C=O) groups excluding carboxylic acids is 2.